The van der Waals surface area contributed by atoms with E-state index < -0.39 is 12.1 Å². The van der Waals surface area contributed by atoms with E-state index in [1.807, 2.05) is 38.2 Å². The Kier molecular flexibility index (Phi) is 10.2. The van der Waals surface area contributed by atoms with Gasteiger partial charge in [-0.05, 0) is 57.8 Å². The molecule has 0 amide bonds. The van der Waals surface area contributed by atoms with Crippen LogP contribution in [0.1, 0.15) is 65.7 Å². The van der Waals surface area contributed by atoms with Gasteiger partial charge in [0.1, 0.15) is 5.78 Å². The summed E-state index contributed by atoms with van der Waals surface area (Å²) in [6.45, 7) is 6.20. The first-order chi connectivity index (χ1) is 12.3. The molecule has 0 bridgehead atoms. The number of carboxylic acids is 1. The van der Waals surface area contributed by atoms with E-state index in [2.05, 4.69) is 13.0 Å². The van der Waals surface area contributed by atoms with Gasteiger partial charge in [0.15, 0.2) is 0 Å². The topological polar surface area (TPSA) is 74.6 Å². The molecule has 0 aliphatic heterocycles. The third-order valence-electron chi connectivity index (χ3n) is 4.95. The molecule has 0 aromatic heterocycles. The van der Waals surface area contributed by atoms with Crippen molar-refractivity contribution in [2.45, 2.75) is 71.8 Å². The third-order valence-corrected chi connectivity index (χ3v) is 4.95. The van der Waals surface area contributed by atoms with Crippen molar-refractivity contribution in [2.75, 3.05) is 0 Å². The maximum absolute atomic E-state index is 12.3. The monoisotopic (exact) mass is 362 g/mol. The van der Waals surface area contributed by atoms with E-state index in [-0.39, 0.29) is 18.3 Å². The first kappa shape index (κ1) is 22.4. The molecule has 0 saturated heterocycles. The van der Waals surface area contributed by atoms with Crippen LogP contribution in [0.15, 0.2) is 36.0 Å². The molecule has 0 heterocycles. The van der Waals surface area contributed by atoms with Gasteiger partial charge in [-0.15, -0.1) is 0 Å². The predicted molar refractivity (Wildman–Crippen MR) is 105 cm³/mol. The molecule has 0 spiro atoms. The Morgan fingerprint density at radius 2 is 2.00 bits per heavy atom. The maximum Gasteiger partial charge on any atom is 0.303 e. The van der Waals surface area contributed by atoms with Crippen LogP contribution in [-0.4, -0.2) is 28.1 Å². The number of aliphatic hydroxyl groups excluding tert-OH is 1. The van der Waals surface area contributed by atoms with E-state index in [0.29, 0.717) is 37.4 Å². The fourth-order valence-corrected chi connectivity index (χ4v) is 3.46. The van der Waals surface area contributed by atoms with Gasteiger partial charge in [-0.1, -0.05) is 42.9 Å². The van der Waals surface area contributed by atoms with Crippen LogP contribution in [0.4, 0.5) is 0 Å². The lowest BCUT2D eigenvalue weighted by Gasteiger charge is -2.17. The van der Waals surface area contributed by atoms with E-state index in [4.69, 9.17) is 5.11 Å². The zero-order valence-corrected chi connectivity index (χ0v) is 16.4. The van der Waals surface area contributed by atoms with E-state index in [9.17, 15) is 14.7 Å². The van der Waals surface area contributed by atoms with Crippen molar-refractivity contribution >= 4 is 11.8 Å². The molecule has 0 aromatic rings. The summed E-state index contributed by atoms with van der Waals surface area (Å²) in [5, 5.41) is 18.7. The predicted octanol–water partition coefficient (Wildman–Crippen LogP) is 4.69. The molecule has 0 unspecified atom stereocenters. The zero-order chi connectivity index (χ0) is 19.5. The molecule has 2 N–H and O–H groups in total. The first-order valence-corrected chi connectivity index (χ1v) is 9.70. The van der Waals surface area contributed by atoms with Gasteiger partial charge in [-0.25, -0.2) is 0 Å². The minimum Gasteiger partial charge on any atom is -0.481 e. The number of carbonyl (C=O) groups is 2. The van der Waals surface area contributed by atoms with Gasteiger partial charge < -0.3 is 10.2 Å². The standard InChI is InChI=1S/C22H34O4/c1-16(2)9-8-10-18(23)13-14-19-17(3)15-21(24)20(19)11-6-4-5-7-12-22(25)26/h4,6,9,13-14,17-20,23H,5,7-8,10-12,15H2,1-3H3,(H,25,26)/t17-,18-,19+,20-/m1/s1. The Balaban J connectivity index is 2.51. The number of unbranched alkanes of at least 4 members (excludes halogenated alkanes) is 1. The molecular formula is C22H34O4. The molecule has 0 aromatic carbocycles. The van der Waals surface area contributed by atoms with Crippen LogP contribution in [0, 0.1) is 17.8 Å². The van der Waals surface area contributed by atoms with Crippen LogP contribution in [0.5, 0.6) is 0 Å². The van der Waals surface area contributed by atoms with Gasteiger partial charge in [-0.2, -0.15) is 0 Å². The number of aliphatic hydroxyl groups is 1. The molecular weight excluding hydrogens is 328 g/mol. The number of hydrogen-bond donors (Lipinski definition) is 2. The number of hydrogen-bond acceptors (Lipinski definition) is 3. The molecule has 4 atom stereocenters. The number of Topliss-reactive ketones (excluding diaryl/α,β-unsaturated/α-hetero) is 1. The van der Waals surface area contributed by atoms with Crippen molar-refractivity contribution in [1.29, 1.82) is 0 Å². The summed E-state index contributed by atoms with van der Waals surface area (Å²) in [4.78, 5) is 22.8. The summed E-state index contributed by atoms with van der Waals surface area (Å²) in [6, 6.07) is 0. The van der Waals surface area contributed by atoms with Gasteiger partial charge in [0, 0.05) is 18.8 Å². The Labute approximate surface area is 157 Å². The second kappa shape index (κ2) is 11.8. The molecule has 4 nitrogen and oxygen atoms in total. The second-order valence-electron chi connectivity index (χ2n) is 7.64. The van der Waals surface area contributed by atoms with E-state index in [1.54, 1.807) is 0 Å². The van der Waals surface area contributed by atoms with Crippen molar-refractivity contribution in [3.05, 3.63) is 36.0 Å². The second-order valence-corrected chi connectivity index (χ2v) is 7.64. The number of aliphatic carboxylic acids is 1. The molecule has 1 fully saturated rings. The molecule has 26 heavy (non-hydrogen) atoms. The Morgan fingerprint density at radius 1 is 1.27 bits per heavy atom. The van der Waals surface area contributed by atoms with Crippen molar-refractivity contribution in [2.24, 2.45) is 17.8 Å². The van der Waals surface area contributed by atoms with Crippen LogP contribution >= 0.6 is 0 Å². The van der Waals surface area contributed by atoms with Crippen LogP contribution in [0.3, 0.4) is 0 Å². The Morgan fingerprint density at radius 3 is 2.65 bits per heavy atom. The van der Waals surface area contributed by atoms with Gasteiger partial charge in [0.05, 0.1) is 6.10 Å². The highest BCUT2D eigenvalue weighted by atomic mass is 16.4. The van der Waals surface area contributed by atoms with E-state index in [0.717, 1.165) is 12.8 Å². The Bertz CT molecular complexity index is 540. The molecule has 146 valence electrons. The summed E-state index contributed by atoms with van der Waals surface area (Å²) in [6.07, 6.45) is 13.9. The van der Waals surface area contributed by atoms with Gasteiger partial charge >= 0.3 is 5.97 Å². The normalized spacial score (nSPS) is 24.5. The van der Waals surface area contributed by atoms with Gasteiger partial charge in [0.25, 0.3) is 0 Å². The number of carboxylic acid groups (broad SMARTS) is 1. The highest BCUT2D eigenvalue weighted by Gasteiger charge is 2.37. The number of allylic oxidation sites excluding steroid dienone is 5. The largest absolute Gasteiger partial charge is 0.481 e. The fourth-order valence-electron chi connectivity index (χ4n) is 3.46. The summed E-state index contributed by atoms with van der Waals surface area (Å²) in [7, 11) is 0. The number of carbonyl (C=O) groups excluding carboxylic acids is 1. The van der Waals surface area contributed by atoms with Gasteiger partial charge in [0.2, 0.25) is 0 Å². The Hall–Kier alpha value is -1.68. The smallest absolute Gasteiger partial charge is 0.303 e. The van der Waals surface area contributed by atoms with Crippen LogP contribution in [-0.2, 0) is 9.59 Å². The quantitative estimate of drug-likeness (QED) is 0.413. The molecule has 1 aliphatic rings. The third kappa shape index (κ3) is 8.61. The molecule has 4 heteroatoms. The average Bonchev–Trinajstić information content (AvgIpc) is 2.81. The average molecular weight is 363 g/mol. The zero-order valence-electron chi connectivity index (χ0n) is 16.4. The highest BCUT2D eigenvalue weighted by Crippen LogP contribution is 2.37. The van der Waals surface area contributed by atoms with Crippen molar-refractivity contribution in [1.82, 2.24) is 0 Å². The SMILES string of the molecule is CC(C)=CCC[C@@H](O)C=C[C@H]1[C@H](C)CC(=O)[C@@H]1CC=CCCCC(=O)O. The first-order valence-electron chi connectivity index (χ1n) is 9.70. The summed E-state index contributed by atoms with van der Waals surface area (Å²) in [5.74, 6) is -0.0340. The summed E-state index contributed by atoms with van der Waals surface area (Å²) in [5.41, 5.74) is 1.26. The van der Waals surface area contributed by atoms with E-state index in [1.165, 1.54) is 5.57 Å². The van der Waals surface area contributed by atoms with E-state index >= 15 is 0 Å². The minimum absolute atomic E-state index is 0.0260. The van der Waals surface area contributed by atoms with Crippen molar-refractivity contribution < 1.29 is 19.8 Å². The molecule has 0 radical (unpaired) electrons. The molecule has 1 rings (SSSR count). The lowest BCUT2D eigenvalue weighted by atomic mass is 9.87. The highest BCUT2D eigenvalue weighted by molar-refractivity contribution is 5.84. The lowest BCUT2D eigenvalue weighted by molar-refractivity contribution is -0.137. The minimum atomic E-state index is -0.772. The number of ketones is 1. The van der Waals surface area contributed by atoms with Crippen LogP contribution in [0.2, 0.25) is 0 Å². The van der Waals surface area contributed by atoms with Gasteiger partial charge in [-0.3, -0.25) is 9.59 Å². The molecule has 1 saturated carbocycles. The van der Waals surface area contributed by atoms with Crippen LogP contribution < -0.4 is 0 Å². The summed E-state index contributed by atoms with van der Waals surface area (Å²) >= 11 is 0. The number of rotatable bonds is 11. The molecule has 1 aliphatic carbocycles. The summed E-state index contributed by atoms with van der Waals surface area (Å²) < 4.78 is 0. The maximum atomic E-state index is 12.3. The van der Waals surface area contributed by atoms with Crippen molar-refractivity contribution in [3.63, 3.8) is 0 Å². The van der Waals surface area contributed by atoms with Crippen molar-refractivity contribution in [3.8, 4) is 0 Å². The lowest BCUT2D eigenvalue weighted by Crippen LogP contribution is -2.15. The van der Waals surface area contributed by atoms with Crippen LogP contribution in [0.25, 0.3) is 0 Å². The fraction of sp³-hybridized carbons (Fsp3) is 0.636.